The molecule has 1 heterocycles. The molecule has 0 unspecified atom stereocenters. The maximum absolute atomic E-state index is 11.2. The number of hydrogen-bond donors (Lipinski definition) is 2. The Morgan fingerprint density at radius 1 is 1.83 bits per heavy atom. The average Bonchev–Trinajstić information content (AvgIpc) is 2.56. The van der Waals surface area contributed by atoms with Gasteiger partial charge in [0, 0.05) is 12.4 Å². The summed E-state index contributed by atoms with van der Waals surface area (Å²) in [7, 11) is 0. The second kappa shape index (κ2) is 3.87. The fraction of sp³-hybridized carbons (Fsp3) is 0.429. The quantitative estimate of drug-likeness (QED) is 0.645. The molecule has 12 heavy (non-hydrogen) atoms. The van der Waals surface area contributed by atoms with Crippen molar-refractivity contribution >= 4 is 6.03 Å². The van der Waals surface area contributed by atoms with Gasteiger partial charge in [0.15, 0.2) is 0 Å². The third-order valence-electron chi connectivity index (χ3n) is 1.38. The Morgan fingerprint density at radius 2 is 2.58 bits per heavy atom. The third-order valence-corrected chi connectivity index (χ3v) is 1.38. The summed E-state index contributed by atoms with van der Waals surface area (Å²) in [6.45, 7) is 1.65. The first-order valence-electron chi connectivity index (χ1n) is 3.63. The smallest absolute Gasteiger partial charge is 0.327 e. The summed E-state index contributed by atoms with van der Waals surface area (Å²) < 4.78 is 1.31. The molecule has 0 aromatic carbocycles. The molecule has 0 bridgehead atoms. The predicted molar refractivity (Wildman–Crippen MR) is 42.7 cm³/mol. The Balaban J connectivity index is 2.50. The first kappa shape index (κ1) is 8.73. The zero-order valence-electron chi connectivity index (χ0n) is 6.77. The Kier molecular flexibility index (Phi) is 2.82. The molecule has 5 heteroatoms. The van der Waals surface area contributed by atoms with E-state index in [1.807, 2.05) is 0 Å². The van der Waals surface area contributed by atoms with Gasteiger partial charge in [-0.05, 0) is 6.92 Å². The Labute approximate surface area is 70.0 Å². The van der Waals surface area contributed by atoms with Gasteiger partial charge in [0.25, 0.3) is 0 Å². The summed E-state index contributed by atoms with van der Waals surface area (Å²) in [5.74, 6) is 0. The van der Waals surface area contributed by atoms with Crippen LogP contribution in [0.5, 0.6) is 0 Å². The zero-order valence-corrected chi connectivity index (χ0v) is 6.77. The van der Waals surface area contributed by atoms with Gasteiger partial charge in [0.1, 0.15) is 6.33 Å². The van der Waals surface area contributed by atoms with Crippen molar-refractivity contribution in [2.24, 2.45) is 0 Å². The molecule has 1 atom stereocenters. The molecule has 1 amide bonds. The van der Waals surface area contributed by atoms with Crippen molar-refractivity contribution in [2.75, 3.05) is 6.61 Å². The highest BCUT2D eigenvalue weighted by atomic mass is 16.3. The van der Waals surface area contributed by atoms with Crippen LogP contribution in [0.25, 0.3) is 0 Å². The van der Waals surface area contributed by atoms with Crippen LogP contribution in [0.15, 0.2) is 18.7 Å². The fourth-order valence-electron chi connectivity index (χ4n) is 0.710. The molecule has 1 aromatic rings. The van der Waals surface area contributed by atoms with E-state index in [1.54, 1.807) is 13.1 Å². The molecule has 0 saturated carbocycles. The molecule has 0 aliphatic rings. The summed E-state index contributed by atoms with van der Waals surface area (Å²) in [4.78, 5) is 14.9. The third kappa shape index (κ3) is 2.06. The molecule has 1 rings (SSSR count). The van der Waals surface area contributed by atoms with Crippen LogP contribution in [0.1, 0.15) is 6.92 Å². The number of aliphatic hydroxyl groups excluding tert-OH is 1. The van der Waals surface area contributed by atoms with Crippen LogP contribution in [0.4, 0.5) is 4.79 Å². The van der Waals surface area contributed by atoms with Crippen LogP contribution in [-0.2, 0) is 0 Å². The van der Waals surface area contributed by atoms with E-state index in [2.05, 4.69) is 10.3 Å². The van der Waals surface area contributed by atoms with E-state index in [9.17, 15) is 4.79 Å². The molecule has 0 aliphatic heterocycles. The van der Waals surface area contributed by atoms with E-state index in [-0.39, 0.29) is 18.7 Å². The zero-order chi connectivity index (χ0) is 8.97. The van der Waals surface area contributed by atoms with E-state index >= 15 is 0 Å². The predicted octanol–water partition coefficient (Wildman–Crippen LogP) is -0.178. The lowest BCUT2D eigenvalue weighted by molar-refractivity contribution is 0.221. The highest BCUT2D eigenvalue weighted by Crippen LogP contribution is 1.86. The van der Waals surface area contributed by atoms with Gasteiger partial charge >= 0.3 is 6.03 Å². The Morgan fingerprint density at radius 3 is 3.08 bits per heavy atom. The fourth-order valence-corrected chi connectivity index (χ4v) is 0.710. The number of imidazole rings is 1. The summed E-state index contributed by atoms with van der Waals surface area (Å²) in [5, 5.41) is 11.2. The number of amides is 1. The van der Waals surface area contributed by atoms with Crippen LogP contribution in [0.3, 0.4) is 0 Å². The van der Waals surface area contributed by atoms with Crippen molar-refractivity contribution in [3.8, 4) is 0 Å². The minimum absolute atomic E-state index is 0.0690. The number of rotatable bonds is 2. The molecule has 0 spiro atoms. The van der Waals surface area contributed by atoms with Crippen molar-refractivity contribution in [2.45, 2.75) is 13.0 Å². The van der Waals surface area contributed by atoms with E-state index in [0.29, 0.717) is 0 Å². The molecule has 2 N–H and O–H groups in total. The van der Waals surface area contributed by atoms with Crippen molar-refractivity contribution in [3.05, 3.63) is 18.7 Å². The van der Waals surface area contributed by atoms with E-state index in [1.165, 1.54) is 17.1 Å². The molecule has 0 aliphatic carbocycles. The van der Waals surface area contributed by atoms with Gasteiger partial charge in [0.2, 0.25) is 0 Å². The van der Waals surface area contributed by atoms with Crippen LogP contribution >= 0.6 is 0 Å². The number of aliphatic hydroxyl groups is 1. The van der Waals surface area contributed by atoms with Gasteiger partial charge in [-0.1, -0.05) is 0 Å². The minimum atomic E-state index is -0.283. The van der Waals surface area contributed by atoms with Crippen molar-refractivity contribution < 1.29 is 9.90 Å². The SMILES string of the molecule is C[C@@H](CO)NC(=O)n1ccnc1. The topological polar surface area (TPSA) is 67.2 Å². The number of carbonyl (C=O) groups excluding carboxylic acids is 1. The van der Waals surface area contributed by atoms with Crippen molar-refractivity contribution in [1.82, 2.24) is 14.9 Å². The molecular weight excluding hydrogens is 158 g/mol. The van der Waals surface area contributed by atoms with Crippen LogP contribution in [-0.4, -0.2) is 33.3 Å². The van der Waals surface area contributed by atoms with Crippen LogP contribution in [0, 0.1) is 0 Å². The first-order valence-corrected chi connectivity index (χ1v) is 3.63. The lowest BCUT2D eigenvalue weighted by Crippen LogP contribution is -2.37. The second-order valence-electron chi connectivity index (χ2n) is 2.50. The van der Waals surface area contributed by atoms with E-state index in [4.69, 9.17) is 5.11 Å². The molecule has 1 aromatic heterocycles. The van der Waals surface area contributed by atoms with Crippen molar-refractivity contribution in [1.29, 1.82) is 0 Å². The Bertz CT molecular complexity index is 245. The van der Waals surface area contributed by atoms with Gasteiger partial charge in [-0.25, -0.2) is 9.78 Å². The maximum Gasteiger partial charge on any atom is 0.327 e. The lowest BCUT2D eigenvalue weighted by Gasteiger charge is -2.09. The highest BCUT2D eigenvalue weighted by Gasteiger charge is 2.06. The second-order valence-corrected chi connectivity index (χ2v) is 2.50. The average molecular weight is 169 g/mol. The summed E-state index contributed by atoms with van der Waals surface area (Å²) in [5.41, 5.74) is 0. The highest BCUT2D eigenvalue weighted by molar-refractivity contribution is 5.76. The minimum Gasteiger partial charge on any atom is -0.394 e. The normalized spacial score (nSPS) is 12.5. The van der Waals surface area contributed by atoms with Gasteiger partial charge in [-0.2, -0.15) is 0 Å². The van der Waals surface area contributed by atoms with Gasteiger partial charge in [-0.15, -0.1) is 0 Å². The number of aromatic nitrogens is 2. The Hall–Kier alpha value is -1.36. The van der Waals surface area contributed by atoms with Gasteiger partial charge in [-0.3, -0.25) is 4.57 Å². The van der Waals surface area contributed by atoms with Crippen LogP contribution in [0.2, 0.25) is 0 Å². The lowest BCUT2D eigenvalue weighted by atomic mass is 10.4. The van der Waals surface area contributed by atoms with E-state index in [0.717, 1.165) is 0 Å². The number of nitrogens with one attached hydrogen (secondary N) is 1. The van der Waals surface area contributed by atoms with Gasteiger partial charge in [0.05, 0.1) is 12.6 Å². The number of nitrogens with zero attached hydrogens (tertiary/aromatic N) is 2. The number of carbonyl (C=O) groups is 1. The summed E-state index contributed by atoms with van der Waals surface area (Å²) >= 11 is 0. The monoisotopic (exact) mass is 169 g/mol. The van der Waals surface area contributed by atoms with E-state index < -0.39 is 0 Å². The molecule has 0 radical (unpaired) electrons. The standard InChI is InChI=1S/C7H11N3O2/c1-6(4-11)9-7(12)10-3-2-8-5-10/h2-3,5-6,11H,4H2,1H3,(H,9,12)/t6-/m0/s1. The first-order chi connectivity index (χ1) is 5.74. The molecule has 0 saturated heterocycles. The summed E-state index contributed by atoms with van der Waals surface area (Å²) in [6, 6.07) is -0.519. The molecular formula is C7H11N3O2. The number of hydrogen-bond acceptors (Lipinski definition) is 3. The molecule has 5 nitrogen and oxygen atoms in total. The van der Waals surface area contributed by atoms with Crippen molar-refractivity contribution in [3.63, 3.8) is 0 Å². The molecule has 0 fully saturated rings. The molecule has 66 valence electrons. The largest absolute Gasteiger partial charge is 0.394 e. The maximum atomic E-state index is 11.2. The summed E-state index contributed by atoms with van der Waals surface area (Å²) in [6.07, 6.45) is 4.46. The van der Waals surface area contributed by atoms with Gasteiger partial charge < -0.3 is 10.4 Å². The van der Waals surface area contributed by atoms with Crippen LogP contribution < -0.4 is 5.32 Å².